The molecule has 0 fully saturated rings. The van der Waals surface area contributed by atoms with Crippen LogP contribution in [0.5, 0.6) is 0 Å². The molecule has 0 spiro atoms. The van der Waals surface area contributed by atoms with Crippen LogP contribution in [0.4, 0.5) is 0 Å². The maximum atomic E-state index is 7.10. The molecule has 0 aliphatic rings. The van der Waals surface area contributed by atoms with Crippen molar-refractivity contribution in [1.29, 1.82) is 0 Å². The first-order chi connectivity index (χ1) is 27.7. The summed E-state index contributed by atoms with van der Waals surface area (Å²) in [4.78, 5) is 15.3. The number of nitrogens with zero attached hydrogens (tertiary/aromatic N) is 3. The molecule has 0 atom stereocenters. The molecule has 4 nitrogen and oxygen atoms in total. The molecule has 0 radical (unpaired) electrons. The van der Waals surface area contributed by atoms with Gasteiger partial charge in [0.2, 0.25) is 0 Å². The van der Waals surface area contributed by atoms with Crippen molar-refractivity contribution in [3.63, 3.8) is 0 Å². The van der Waals surface area contributed by atoms with Crippen LogP contribution in [-0.4, -0.2) is 15.0 Å². The standard InChI is InChI=1S/C51H31N3OS/c1-5-14-32(15-6-1)36-24-28-44-42(30-36)43-31-37(25-29-45(43)56-44)38-22-13-23-40-46-41(27-26-39(48(46)55-47(38)40)33-16-7-2-8-17-33)51-53-49(34-18-9-3-10-19-34)52-50(54-51)35-20-11-4-12-21-35/h1-31H. The number of para-hydroxylation sites is 1. The monoisotopic (exact) mass is 733 g/mol. The van der Waals surface area contributed by atoms with E-state index < -0.39 is 0 Å². The maximum absolute atomic E-state index is 7.10. The predicted octanol–water partition coefficient (Wildman–Crippen LogP) is 14.1. The van der Waals surface area contributed by atoms with Crippen LogP contribution in [0.3, 0.4) is 0 Å². The van der Waals surface area contributed by atoms with Crippen molar-refractivity contribution in [2.75, 3.05) is 0 Å². The van der Waals surface area contributed by atoms with Crippen molar-refractivity contribution in [1.82, 2.24) is 15.0 Å². The van der Waals surface area contributed by atoms with Gasteiger partial charge in [-0.05, 0) is 58.7 Å². The lowest BCUT2D eigenvalue weighted by Crippen LogP contribution is -2.00. The fraction of sp³-hybridized carbons (Fsp3) is 0. The van der Waals surface area contributed by atoms with E-state index in [1.54, 1.807) is 0 Å². The third kappa shape index (κ3) is 5.48. The summed E-state index contributed by atoms with van der Waals surface area (Å²) in [5, 5.41) is 4.49. The highest BCUT2D eigenvalue weighted by molar-refractivity contribution is 7.25. The molecule has 0 N–H and O–H groups in total. The van der Waals surface area contributed by atoms with E-state index in [0.717, 1.165) is 60.9 Å². The Balaban J connectivity index is 1.15. The molecular weight excluding hydrogens is 703 g/mol. The number of aromatic nitrogens is 3. The van der Waals surface area contributed by atoms with Crippen LogP contribution >= 0.6 is 11.3 Å². The topological polar surface area (TPSA) is 51.8 Å². The minimum atomic E-state index is 0.593. The lowest BCUT2D eigenvalue weighted by atomic mass is 9.96. The van der Waals surface area contributed by atoms with Crippen molar-refractivity contribution in [3.8, 4) is 67.5 Å². The van der Waals surface area contributed by atoms with Gasteiger partial charge in [0.15, 0.2) is 17.5 Å². The molecule has 0 aliphatic carbocycles. The van der Waals surface area contributed by atoms with E-state index in [0.29, 0.717) is 17.5 Å². The molecule has 11 rings (SSSR count). The lowest BCUT2D eigenvalue weighted by Gasteiger charge is -2.10. The molecular formula is C51H31N3OS. The van der Waals surface area contributed by atoms with Crippen LogP contribution < -0.4 is 0 Å². The largest absolute Gasteiger partial charge is 0.455 e. The molecule has 8 aromatic carbocycles. The highest BCUT2D eigenvalue weighted by Crippen LogP contribution is 2.45. The summed E-state index contributed by atoms with van der Waals surface area (Å²) in [6.45, 7) is 0. The van der Waals surface area contributed by atoms with Crippen LogP contribution in [0, 0.1) is 0 Å². The Morgan fingerprint density at radius 3 is 1.45 bits per heavy atom. The predicted molar refractivity (Wildman–Crippen MR) is 233 cm³/mol. The van der Waals surface area contributed by atoms with Gasteiger partial charge in [-0.25, -0.2) is 15.0 Å². The number of hydrogen-bond acceptors (Lipinski definition) is 5. The van der Waals surface area contributed by atoms with Crippen LogP contribution in [0.1, 0.15) is 0 Å². The van der Waals surface area contributed by atoms with E-state index >= 15 is 0 Å². The quantitative estimate of drug-likeness (QED) is 0.171. The average Bonchev–Trinajstić information content (AvgIpc) is 3.85. The van der Waals surface area contributed by atoms with Crippen molar-refractivity contribution >= 4 is 53.4 Å². The number of fused-ring (bicyclic) bond motifs is 6. The second kappa shape index (κ2) is 13.3. The van der Waals surface area contributed by atoms with Crippen molar-refractivity contribution < 1.29 is 4.42 Å². The average molecular weight is 734 g/mol. The van der Waals surface area contributed by atoms with Gasteiger partial charge in [-0.1, -0.05) is 152 Å². The Labute approximate surface area is 327 Å². The number of furan rings is 1. The number of rotatable bonds is 6. The molecule has 0 saturated carbocycles. The van der Waals surface area contributed by atoms with Gasteiger partial charge in [0.25, 0.3) is 0 Å². The molecule has 0 unspecified atom stereocenters. The first kappa shape index (κ1) is 32.2. The summed E-state index contributed by atoms with van der Waals surface area (Å²) in [5.41, 5.74) is 11.0. The fourth-order valence-corrected chi connectivity index (χ4v) is 8.91. The summed E-state index contributed by atoms with van der Waals surface area (Å²) in [6.07, 6.45) is 0. The molecule has 11 aromatic rings. The van der Waals surface area contributed by atoms with E-state index in [9.17, 15) is 0 Å². The third-order valence-corrected chi connectivity index (χ3v) is 11.7. The SMILES string of the molecule is c1ccc(-c2ccc3sc4ccc(-c5cccc6c5oc5c(-c7ccccc7)ccc(-c7nc(-c8ccccc8)nc(-c8ccccc8)n7)c56)cc4c3c2)cc1. The molecule has 262 valence electrons. The molecule has 0 bridgehead atoms. The van der Waals surface area contributed by atoms with E-state index in [1.165, 1.54) is 31.3 Å². The lowest BCUT2D eigenvalue weighted by molar-refractivity contribution is 0.671. The minimum Gasteiger partial charge on any atom is -0.455 e. The Morgan fingerprint density at radius 2 is 0.821 bits per heavy atom. The highest BCUT2D eigenvalue weighted by atomic mass is 32.1. The Bertz CT molecular complexity index is 3170. The third-order valence-electron chi connectivity index (χ3n) is 10.6. The second-order valence-electron chi connectivity index (χ2n) is 13.9. The first-order valence-corrected chi connectivity index (χ1v) is 19.5. The summed E-state index contributed by atoms with van der Waals surface area (Å²) >= 11 is 1.83. The normalized spacial score (nSPS) is 11.6. The van der Waals surface area contributed by atoms with Gasteiger partial charge in [-0.3, -0.25) is 0 Å². The van der Waals surface area contributed by atoms with Gasteiger partial charge in [-0.2, -0.15) is 0 Å². The Hall–Kier alpha value is -7.21. The first-order valence-electron chi connectivity index (χ1n) is 18.7. The number of hydrogen-bond donors (Lipinski definition) is 0. The van der Waals surface area contributed by atoms with E-state index in [-0.39, 0.29) is 0 Å². The van der Waals surface area contributed by atoms with E-state index in [2.05, 4.69) is 121 Å². The van der Waals surface area contributed by atoms with Crippen LogP contribution in [0.15, 0.2) is 192 Å². The minimum absolute atomic E-state index is 0.593. The molecule has 0 aliphatic heterocycles. The summed E-state index contributed by atoms with van der Waals surface area (Å²) in [7, 11) is 0. The molecule has 0 amide bonds. The van der Waals surface area contributed by atoms with Crippen LogP contribution in [-0.2, 0) is 0 Å². The Morgan fingerprint density at radius 1 is 0.321 bits per heavy atom. The highest BCUT2D eigenvalue weighted by Gasteiger charge is 2.22. The van der Waals surface area contributed by atoms with Crippen molar-refractivity contribution in [2.45, 2.75) is 0 Å². The van der Waals surface area contributed by atoms with E-state index in [4.69, 9.17) is 19.4 Å². The van der Waals surface area contributed by atoms with Crippen LogP contribution in [0.2, 0.25) is 0 Å². The summed E-state index contributed by atoms with van der Waals surface area (Å²) in [5.74, 6) is 1.83. The second-order valence-corrected chi connectivity index (χ2v) is 15.0. The summed E-state index contributed by atoms with van der Waals surface area (Å²) < 4.78 is 9.64. The van der Waals surface area contributed by atoms with E-state index in [1.807, 2.05) is 78.1 Å². The van der Waals surface area contributed by atoms with Crippen molar-refractivity contribution in [2.24, 2.45) is 0 Å². The Kier molecular flexibility index (Phi) is 7.64. The maximum Gasteiger partial charge on any atom is 0.164 e. The van der Waals surface area contributed by atoms with Gasteiger partial charge in [0.1, 0.15) is 11.2 Å². The fourth-order valence-electron chi connectivity index (χ4n) is 7.84. The van der Waals surface area contributed by atoms with Gasteiger partial charge in [-0.15, -0.1) is 11.3 Å². The zero-order valence-electron chi connectivity index (χ0n) is 30.1. The van der Waals surface area contributed by atoms with Gasteiger partial charge in [0.05, 0.1) is 0 Å². The molecule has 3 heterocycles. The molecule has 0 saturated heterocycles. The van der Waals surface area contributed by atoms with Crippen molar-refractivity contribution in [3.05, 3.63) is 188 Å². The number of thiophene rings is 1. The molecule has 56 heavy (non-hydrogen) atoms. The summed E-state index contributed by atoms with van der Waals surface area (Å²) in [6, 6.07) is 65.6. The van der Waals surface area contributed by atoms with Gasteiger partial charge >= 0.3 is 0 Å². The van der Waals surface area contributed by atoms with Gasteiger partial charge in [0, 0.05) is 58.8 Å². The molecule has 3 aromatic heterocycles. The molecule has 5 heteroatoms. The smallest absolute Gasteiger partial charge is 0.164 e. The number of benzene rings is 8. The zero-order chi connectivity index (χ0) is 37.0. The van der Waals surface area contributed by atoms with Crippen LogP contribution in [0.25, 0.3) is 110 Å². The van der Waals surface area contributed by atoms with Gasteiger partial charge < -0.3 is 4.42 Å². The zero-order valence-corrected chi connectivity index (χ0v) is 30.9.